The number of thiocarbonyl (C=S) groups is 1. The molecule has 0 aliphatic carbocycles. The Balaban J connectivity index is 1.87. The second-order valence-corrected chi connectivity index (χ2v) is 8.76. The van der Waals surface area contributed by atoms with Crippen molar-refractivity contribution in [2.24, 2.45) is 7.05 Å². The maximum absolute atomic E-state index is 13.0. The predicted octanol–water partition coefficient (Wildman–Crippen LogP) is 4.80. The zero-order valence-corrected chi connectivity index (χ0v) is 19.0. The van der Waals surface area contributed by atoms with Gasteiger partial charge in [-0.25, -0.2) is 0 Å². The Morgan fingerprint density at radius 1 is 1.16 bits per heavy atom. The molecule has 1 saturated heterocycles. The quantitative estimate of drug-likeness (QED) is 0.253. The number of halogens is 1. The molecule has 156 valence electrons. The monoisotopic (exact) mass is 467 g/mol. The SMILES string of the molecule is C=CCN1C(=O)C(=Cc2c(Sc3ccc(Cl)cc3)n(C)c3ccccc23)C(=O)NC1=S. The zero-order valence-electron chi connectivity index (χ0n) is 16.6. The van der Waals surface area contributed by atoms with Gasteiger partial charge in [0.05, 0.1) is 5.03 Å². The van der Waals surface area contributed by atoms with Crippen LogP contribution in [0.15, 0.2) is 76.7 Å². The first kappa shape index (κ1) is 21.4. The first-order chi connectivity index (χ1) is 14.9. The van der Waals surface area contributed by atoms with E-state index in [2.05, 4.69) is 16.5 Å². The third kappa shape index (κ3) is 4.04. The van der Waals surface area contributed by atoms with E-state index in [0.29, 0.717) is 5.02 Å². The molecule has 8 heteroatoms. The molecule has 1 aromatic heterocycles. The Bertz CT molecular complexity index is 1260. The summed E-state index contributed by atoms with van der Waals surface area (Å²) < 4.78 is 2.05. The minimum Gasteiger partial charge on any atom is -0.338 e. The van der Waals surface area contributed by atoms with Gasteiger partial charge in [-0.1, -0.05) is 47.6 Å². The van der Waals surface area contributed by atoms with Crippen molar-refractivity contribution in [1.29, 1.82) is 0 Å². The summed E-state index contributed by atoms with van der Waals surface area (Å²) in [5.74, 6) is -0.949. The van der Waals surface area contributed by atoms with Crippen molar-refractivity contribution >= 4 is 69.5 Å². The highest BCUT2D eigenvalue weighted by Gasteiger charge is 2.33. The van der Waals surface area contributed by atoms with E-state index < -0.39 is 11.8 Å². The normalized spacial score (nSPS) is 15.6. The standard InChI is InChI=1S/C23H18ClN3O2S2/c1-3-12-27-21(29)18(20(28)25-23(27)30)13-17-16-6-4-5-7-19(16)26(2)22(17)31-15-10-8-14(24)9-11-15/h3-11,13H,1,12H2,2H3,(H,25,28,30). The number of aryl methyl sites for hydroxylation is 1. The summed E-state index contributed by atoms with van der Waals surface area (Å²) in [5, 5.41) is 5.19. The van der Waals surface area contributed by atoms with Crippen LogP contribution in [0.2, 0.25) is 5.02 Å². The van der Waals surface area contributed by atoms with Crippen molar-refractivity contribution in [1.82, 2.24) is 14.8 Å². The topological polar surface area (TPSA) is 54.3 Å². The molecule has 3 aromatic rings. The molecule has 0 atom stereocenters. The molecule has 2 amide bonds. The first-order valence-corrected chi connectivity index (χ1v) is 11.0. The Hall–Kier alpha value is -2.87. The average molecular weight is 468 g/mol. The van der Waals surface area contributed by atoms with Gasteiger partial charge in [0.25, 0.3) is 11.8 Å². The van der Waals surface area contributed by atoms with Crippen molar-refractivity contribution in [2.45, 2.75) is 9.92 Å². The van der Waals surface area contributed by atoms with Crippen molar-refractivity contribution in [3.8, 4) is 0 Å². The number of para-hydroxylation sites is 1. The molecular formula is C23H18ClN3O2S2. The lowest BCUT2D eigenvalue weighted by Crippen LogP contribution is -2.53. The molecule has 0 unspecified atom stereocenters. The number of hydrogen-bond donors (Lipinski definition) is 1. The minimum atomic E-state index is -0.509. The van der Waals surface area contributed by atoms with E-state index in [1.807, 2.05) is 55.6 Å². The highest BCUT2D eigenvalue weighted by atomic mass is 35.5. The van der Waals surface area contributed by atoms with Gasteiger partial charge < -0.3 is 4.57 Å². The van der Waals surface area contributed by atoms with Crippen LogP contribution in [0, 0.1) is 0 Å². The van der Waals surface area contributed by atoms with Crippen molar-refractivity contribution in [3.05, 3.63) is 77.3 Å². The van der Waals surface area contributed by atoms with Gasteiger partial charge in [-0.2, -0.15) is 0 Å². The molecule has 1 fully saturated rings. The number of hydrogen-bond acceptors (Lipinski definition) is 4. The van der Waals surface area contributed by atoms with Crippen LogP contribution in [-0.2, 0) is 16.6 Å². The number of fused-ring (bicyclic) bond motifs is 1. The molecule has 2 heterocycles. The number of carbonyl (C=O) groups excluding carboxylic acids is 2. The minimum absolute atomic E-state index is 0.0322. The van der Waals surface area contributed by atoms with Gasteiger partial charge in [-0.3, -0.25) is 19.8 Å². The molecule has 0 saturated carbocycles. The summed E-state index contributed by atoms with van der Waals surface area (Å²) in [6, 6.07) is 15.4. The molecule has 1 aliphatic heterocycles. The second-order valence-electron chi connectivity index (χ2n) is 6.87. The van der Waals surface area contributed by atoms with Crippen molar-refractivity contribution < 1.29 is 9.59 Å². The fourth-order valence-electron chi connectivity index (χ4n) is 3.41. The number of carbonyl (C=O) groups is 2. The zero-order chi connectivity index (χ0) is 22.1. The summed E-state index contributed by atoms with van der Waals surface area (Å²) >= 11 is 12.7. The van der Waals surface area contributed by atoms with Gasteiger partial charge in [0.15, 0.2) is 5.11 Å². The van der Waals surface area contributed by atoms with E-state index in [0.717, 1.165) is 26.4 Å². The molecule has 0 radical (unpaired) electrons. The van der Waals surface area contributed by atoms with Crippen molar-refractivity contribution in [2.75, 3.05) is 6.54 Å². The molecule has 1 N–H and O–H groups in total. The van der Waals surface area contributed by atoms with Crippen LogP contribution in [0.3, 0.4) is 0 Å². The van der Waals surface area contributed by atoms with Crippen LogP contribution in [0.4, 0.5) is 0 Å². The van der Waals surface area contributed by atoms with Crippen LogP contribution in [0.5, 0.6) is 0 Å². The molecular weight excluding hydrogens is 450 g/mol. The summed E-state index contributed by atoms with van der Waals surface area (Å²) in [6.45, 7) is 3.88. The average Bonchev–Trinajstić information content (AvgIpc) is 3.01. The number of benzene rings is 2. The van der Waals surface area contributed by atoms with Crippen LogP contribution in [-0.4, -0.2) is 32.9 Å². The maximum atomic E-state index is 13.0. The number of aromatic nitrogens is 1. The van der Waals surface area contributed by atoms with Crippen LogP contribution in [0.25, 0.3) is 17.0 Å². The maximum Gasteiger partial charge on any atom is 0.265 e. The Kier molecular flexibility index (Phi) is 6.00. The smallest absolute Gasteiger partial charge is 0.265 e. The lowest BCUT2D eigenvalue weighted by molar-refractivity contribution is -0.128. The lowest BCUT2D eigenvalue weighted by Gasteiger charge is -2.27. The fourth-order valence-corrected chi connectivity index (χ4v) is 4.80. The number of rotatable bonds is 5. The molecule has 0 bridgehead atoms. The van der Waals surface area contributed by atoms with E-state index in [-0.39, 0.29) is 17.2 Å². The first-order valence-electron chi connectivity index (χ1n) is 9.41. The molecule has 1 aliphatic rings. The number of amides is 2. The fraction of sp³-hybridized carbons (Fsp3) is 0.0870. The van der Waals surface area contributed by atoms with Gasteiger partial charge in [0, 0.05) is 40.0 Å². The number of nitrogens with zero attached hydrogens (tertiary/aromatic N) is 2. The van der Waals surface area contributed by atoms with Gasteiger partial charge in [0.1, 0.15) is 5.57 Å². The van der Waals surface area contributed by atoms with Crippen LogP contribution < -0.4 is 5.32 Å². The summed E-state index contributed by atoms with van der Waals surface area (Å²) in [5.41, 5.74) is 1.82. The lowest BCUT2D eigenvalue weighted by atomic mass is 10.1. The van der Waals surface area contributed by atoms with Crippen molar-refractivity contribution in [3.63, 3.8) is 0 Å². The van der Waals surface area contributed by atoms with Gasteiger partial charge in [-0.05, 0) is 48.6 Å². The predicted molar refractivity (Wildman–Crippen MR) is 129 cm³/mol. The van der Waals surface area contributed by atoms with E-state index in [1.165, 1.54) is 16.7 Å². The largest absolute Gasteiger partial charge is 0.338 e. The highest BCUT2D eigenvalue weighted by Crippen LogP contribution is 2.38. The molecule has 2 aromatic carbocycles. The summed E-state index contributed by atoms with van der Waals surface area (Å²) in [7, 11) is 1.96. The Morgan fingerprint density at radius 3 is 2.58 bits per heavy atom. The van der Waals surface area contributed by atoms with E-state index in [1.54, 1.807) is 12.2 Å². The number of nitrogens with one attached hydrogen (secondary N) is 1. The third-order valence-electron chi connectivity index (χ3n) is 4.90. The van der Waals surface area contributed by atoms with E-state index in [4.69, 9.17) is 23.8 Å². The van der Waals surface area contributed by atoms with Crippen LogP contribution >= 0.6 is 35.6 Å². The molecule has 4 rings (SSSR count). The van der Waals surface area contributed by atoms with Crippen LogP contribution in [0.1, 0.15) is 5.56 Å². The van der Waals surface area contributed by atoms with Gasteiger partial charge in [0.2, 0.25) is 0 Å². The second kappa shape index (κ2) is 8.70. The van der Waals surface area contributed by atoms with E-state index in [9.17, 15) is 9.59 Å². The summed E-state index contributed by atoms with van der Waals surface area (Å²) in [4.78, 5) is 28.0. The molecule has 31 heavy (non-hydrogen) atoms. The Labute approximate surface area is 194 Å². The highest BCUT2D eigenvalue weighted by molar-refractivity contribution is 7.99. The molecule has 5 nitrogen and oxygen atoms in total. The van der Waals surface area contributed by atoms with Gasteiger partial charge >= 0.3 is 0 Å². The van der Waals surface area contributed by atoms with Gasteiger partial charge in [-0.15, -0.1) is 6.58 Å². The Morgan fingerprint density at radius 2 is 1.87 bits per heavy atom. The third-order valence-corrected chi connectivity index (χ3v) is 6.67. The molecule has 0 spiro atoms. The van der Waals surface area contributed by atoms with E-state index >= 15 is 0 Å². The summed E-state index contributed by atoms with van der Waals surface area (Å²) in [6.07, 6.45) is 3.22.